The Kier molecular flexibility index (Phi) is 5.19. The first-order valence-corrected chi connectivity index (χ1v) is 9.84. The molecule has 1 aromatic heterocycles. The molecule has 0 atom stereocenters. The fourth-order valence-electron chi connectivity index (χ4n) is 3.91. The third-order valence-corrected chi connectivity index (χ3v) is 5.39. The van der Waals surface area contributed by atoms with Crippen molar-refractivity contribution in [2.24, 2.45) is 0 Å². The molecule has 1 aliphatic rings. The molecule has 1 heterocycles. The van der Waals surface area contributed by atoms with Crippen molar-refractivity contribution >= 4 is 22.6 Å². The van der Waals surface area contributed by atoms with Gasteiger partial charge in [0.2, 0.25) is 0 Å². The number of aromatic nitrogens is 2. The predicted molar refractivity (Wildman–Crippen MR) is 109 cm³/mol. The lowest BCUT2D eigenvalue weighted by Gasteiger charge is -2.26. The molecule has 0 saturated heterocycles. The van der Waals surface area contributed by atoms with Gasteiger partial charge in [-0.25, -0.2) is 0 Å². The van der Waals surface area contributed by atoms with Crippen LogP contribution in [0.3, 0.4) is 0 Å². The van der Waals surface area contributed by atoms with Crippen LogP contribution in [-0.2, 0) is 11.2 Å². The van der Waals surface area contributed by atoms with E-state index in [2.05, 4.69) is 16.3 Å². The van der Waals surface area contributed by atoms with Crippen LogP contribution in [0.4, 0.5) is 5.69 Å². The van der Waals surface area contributed by atoms with Crippen molar-refractivity contribution in [3.8, 4) is 16.9 Å². The monoisotopic (exact) mass is 379 g/mol. The summed E-state index contributed by atoms with van der Waals surface area (Å²) in [5.74, 6) is -0.115. The fourth-order valence-corrected chi connectivity index (χ4v) is 3.91. The smallest absolute Gasteiger partial charge is 0.303 e. The SMILES string of the molecule is Nc1cc(CCC(=O)O)cc(-c2ccc3[nH]ncc3c2)c1OC1CCCCC1. The average molecular weight is 379 g/mol. The van der Waals surface area contributed by atoms with E-state index >= 15 is 0 Å². The van der Waals surface area contributed by atoms with Gasteiger partial charge < -0.3 is 15.6 Å². The number of rotatable bonds is 6. The number of aryl methyl sites for hydroxylation is 1. The number of benzene rings is 2. The summed E-state index contributed by atoms with van der Waals surface area (Å²) < 4.78 is 6.38. The van der Waals surface area contributed by atoms with Crippen LogP contribution in [0.2, 0.25) is 0 Å². The number of nitrogens with zero attached hydrogens (tertiary/aromatic N) is 1. The summed E-state index contributed by atoms with van der Waals surface area (Å²) in [4.78, 5) is 11.0. The minimum absolute atomic E-state index is 0.0719. The molecule has 0 spiro atoms. The lowest BCUT2D eigenvalue weighted by molar-refractivity contribution is -0.136. The Balaban J connectivity index is 1.75. The van der Waals surface area contributed by atoms with Gasteiger partial charge in [0.15, 0.2) is 0 Å². The summed E-state index contributed by atoms with van der Waals surface area (Å²) in [6.07, 6.45) is 8.17. The van der Waals surface area contributed by atoms with Crippen LogP contribution in [0, 0.1) is 0 Å². The first-order valence-electron chi connectivity index (χ1n) is 9.84. The van der Waals surface area contributed by atoms with Crippen molar-refractivity contribution in [2.75, 3.05) is 5.73 Å². The van der Waals surface area contributed by atoms with Crippen molar-refractivity contribution in [3.05, 3.63) is 42.1 Å². The zero-order chi connectivity index (χ0) is 19.5. The summed E-state index contributed by atoms with van der Waals surface area (Å²) >= 11 is 0. The van der Waals surface area contributed by atoms with Crippen LogP contribution >= 0.6 is 0 Å². The number of anilines is 1. The normalized spacial score (nSPS) is 15.0. The minimum atomic E-state index is -0.817. The largest absolute Gasteiger partial charge is 0.488 e. The third kappa shape index (κ3) is 3.96. The van der Waals surface area contributed by atoms with Crippen LogP contribution < -0.4 is 10.5 Å². The molecule has 1 fully saturated rings. The third-order valence-electron chi connectivity index (χ3n) is 5.39. The summed E-state index contributed by atoms with van der Waals surface area (Å²) in [5, 5.41) is 17.1. The summed E-state index contributed by atoms with van der Waals surface area (Å²) in [6, 6.07) is 9.92. The molecular formula is C22H25N3O3. The topological polar surface area (TPSA) is 101 Å². The highest BCUT2D eigenvalue weighted by Gasteiger charge is 2.20. The molecule has 0 radical (unpaired) electrons. The van der Waals surface area contributed by atoms with E-state index in [0.29, 0.717) is 17.9 Å². The molecular weight excluding hydrogens is 354 g/mol. The number of carboxylic acid groups (broad SMARTS) is 1. The zero-order valence-corrected chi connectivity index (χ0v) is 15.8. The Morgan fingerprint density at radius 2 is 2.04 bits per heavy atom. The van der Waals surface area contributed by atoms with Crippen molar-refractivity contribution in [2.45, 2.75) is 51.0 Å². The molecule has 6 nitrogen and oxygen atoms in total. The van der Waals surface area contributed by atoms with E-state index in [1.165, 1.54) is 19.3 Å². The number of hydrogen-bond acceptors (Lipinski definition) is 4. The number of aliphatic carboxylic acids is 1. The highest BCUT2D eigenvalue weighted by atomic mass is 16.5. The van der Waals surface area contributed by atoms with Gasteiger partial charge in [-0.2, -0.15) is 5.10 Å². The van der Waals surface area contributed by atoms with Crippen molar-refractivity contribution in [1.82, 2.24) is 10.2 Å². The van der Waals surface area contributed by atoms with Gasteiger partial charge in [-0.1, -0.05) is 12.5 Å². The number of hydrogen-bond donors (Lipinski definition) is 3. The highest BCUT2D eigenvalue weighted by molar-refractivity contribution is 5.87. The second-order valence-electron chi connectivity index (χ2n) is 7.51. The van der Waals surface area contributed by atoms with Crippen molar-refractivity contribution in [1.29, 1.82) is 0 Å². The molecule has 0 amide bonds. The number of fused-ring (bicyclic) bond motifs is 1. The first-order chi connectivity index (χ1) is 13.6. The molecule has 3 aromatic rings. The lowest BCUT2D eigenvalue weighted by Crippen LogP contribution is -2.20. The van der Waals surface area contributed by atoms with Crippen molar-refractivity contribution < 1.29 is 14.6 Å². The molecule has 2 aromatic carbocycles. The quantitative estimate of drug-likeness (QED) is 0.546. The number of H-pyrrole nitrogens is 1. The van der Waals surface area contributed by atoms with Gasteiger partial charge >= 0.3 is 5.97 Å². The molecule has 1 aliphatic carbocycles. The molecule has 4 rings (SSSR count). The van der Waals surface area contributed by atoms with Crippen LogP contribution in [-0.4, -0.2) is 27.4 Å². The van der Waals surface area contributed by atoms with E-state index in [-0.39, 0.29) is 12.5 Å². The summed E-state index contributed by atoms with van der Waals surface area (Å²) in [7, 11) is 0. The number of aromatic amines is 1. The zero-order valence-electron chi connectivity index (χ0n) is 15.8. The van der Waals surface area contributed by atoms with Gasteiger partial charge in [0.1, 0.15) is 5.75 Å². The van der Waals surface area contributed by atoms with Gasteiger partial charge in [0, 0.05) is 17.4 Å². The van der Waals surface area contributed by atoms with Gasteiger partial charge in [-0.15, -0.1) is 0 Å². The number of nitrogens with one attached hydrogen (secondary N) is 1. The van der Waals surface area contributed by atoms with E-state index in [1.807, 2.05) is 24.3 Å². The first kappa shape index (κ1) is 18.3. The Bertz CT molecular complexity index is 990. The van der Waals surface area contributed by atoms with Gasteiger partial charge in [-0.3, -0.25) is 9.89 Å². The fraction of sp³-hybridized carbons (Fsp3) is 0.364. The van der Waals surface area contributed by atoms with E-state index < -0.39 is 5.97 Å². The molecule has 4 N–H and O–H groups in total. The Labute approximate surface area is 163 Å². The second-order valence-corrected chi connectivity index (χ2v) is 7.51. The van der Waals surface area contributed by atoms with Gasteiger partial charge in [-0.05, 0) is 67.5 Å². The summed E-state index contributed by atoms with van der Waals surface area (Å²) in [5.41, 5.74) is 10.7. The molecule has 0 aliphatic heterocycles. The van der Waals surface area contributed by atoms with Gasteiger partial charge in [0.25, 0.3) is 0 Å². The molecule has 1 saturated carbocycles. The molecule has 146 valence electrons. The van der Waals surface area contributed by atoms with Gasteiger partial charge in [0.05, 0.1) is 23.5 Å². The van der Waals surface area contributed by atoms with Crippen LogP contribution in [0.15, 0.2) is 36.5 Å². The standard InChI is InChI=1S/C22H25N3O3/c23-19-11-14(6-9-21(26)27)10-18(22(19)28-17-4-2-1-3-5-17)15-7-8-20-16(12-15)13-24-25-20/h7-8,10-13,17H,1-6,9,23H2,(H,24,25)(H,26,27). The number of carboxylic acids is 1. The number of nitrogens with two attached hydrogens (primary N) is 1. The molecule has 6 heteroatoms. The van der Waals surface area contributed by atoms with Crippen molar-refractivity contribution in [3.63, 3.8) is 0 Å². The number of nitrogen functional groups attached to an aromatic ring is 1. The molecule has 0 unspecified atom stereocenters. The van der Waals surface area contributed by atoms with E-state index in [9.17, 15) is 4.79 Å². The van der Waals surface area contributed by atoms with Crippen LogP contribution in [0.25, 0.3) is 22.0 Å². The maximum absolute atomic E-state index is 11.0. The number of carbonyl (C=O) groups is 1. The predicted octanol–water partition coefficient (Wildman–Crippen LogP) is 4.54. The number of ether oxygens (including phenoxy) is 1. The maximum atomic E-state index is 11.0. The Morgan fingerprint density at radius 1 is 1.21 bits per heavy atom. The van der Waals surface area contributed by atoms with E-state index in [0.717, 1.165) is 40.4 Å². The average Bonchev–Trinajstić information content (AvgIpc) is 3.16. The van der Waals surface area contributed by atoms with E-state index in [4.69, 9.17) is 15.6 Å². The van der Waals surface area contributed by atoms with Crippen LogP contribution in [0.1, 0.15) is 44.1 Å². The maximum Gasteiger partial charge on any atom is 0.303 e. The summed E-state index contributed by atoms with van der Waals surface area (Å²) in [6.45, 7) is 0. The lowest BCUT2D eigenvalue weighted by atomic mass is 9.96. The Morgan fingerprint density at radius 3 is 2.82 bits per heavy atom. The minimum Gasteiger partial charge on any atom is -0.488 e. The van der Waals surface area contributed by atoms with Crippen LogP contribution in [0.5, 0.6) is 5.75 Å². The highest BCUT2D eigenvalue weighted by Crippen LogP contribution is 2.39. The second kappa shape index (κ2) is 7.92. The Hall–Kier alpha value is -3.02. The molecule has 28 heavy (non-hydrogen) atoms. The van der Waals surface area contributed by atoms with E-state index in [1.54, 1.807) is 6.20 Å². The molecule has 0 bridgehead atoms.